The Bertz CT molecular complexity index is 903. The van der Waals surface area contributed by atoms with E-state index in [0.29, 0.717) is 41.4 Å². The molecule has 2 saturated heterocycles. The summed E-state index contributed by atoms with van der Waals surface area (Å²) < 4.78 is 16.4. The lowest BCUT2D eigenvalue weighted by Gasteiger charge is -2.42. The summed E-state index contributed by atoms with van der Waals surface area (Å²) in [6.45, 7) is 0.688. The molecule has 4 rings (SSSR count). The van der Waals surface area contributed by atoms with E-state index in [1.165, 1.54) is 18.4 Å². The van der Waals surface area contributed by atoms with Crippen LogP contribution in [0.1, 0.15) is 41.6 Å². The summed E-state index contributed by atoms with van der Waals surface area (Å²) >= 11 is 0. The first-order valence-corrected chi connectivity index (χ1v) is 11.4. The summed E-state index contributed by atoms with van der Waals surface area (Å²) in [5.74, 6) is 1.53. The van der Waals surface area contributed by atoms with Gasteiger partial charge in [0, 0.05) is 30.2 Å². The molecule has 2 aliphatic rings. The van der Waals surface area contributed by atoms with Crippen LogP contribution in [0, 0.1) is 0 Å². The van der Waals surface area contributed by atoms with Crippen molar-refractivity contribution >= 4 is 18.3 Å². The summed E-state index contributed by atoms with van der Waals surface area (Å²) in [4.78, 5) is 18.5. The molecule has 2 bridgehead atoms. The molecule has 2 atom stereocenters. The molecular weight excluding hydrogens is 456 g/mol. The van der Waals surface area contributed by atoms with Crippen molar-refractivity contribution in [3.63, 3.8) is 0 Å². The molecule has 2 N–H and O–H groups in total. The second kappa shape index (κ2) is 12.3. The summed E-state index contributed by atoms with van der Waals surface area (Å²) in [6.07, 6.45) is 5.33. The maximum atomic E-state index is 13.9. The fourth-order valence-corrected chi connectivity index (χ4v) is 5.35. The Morgan fingerprint density at radius 3 is 2.03 bits per heavy atom. The van der Waals surface area contributed by atoms with Gasteiger partial charge in [-0.15, -0.1) is 12.4 Å². The minimum absolute atomic E-state index is 0. The first-order chi connectivity index (χ1) is 15.5. The number of ether oxygens (including phenoxy) is 3. The Morgan fingerprint density at radius 1 is 0.971 bits per heavy atom. The summed E-state index contributed by atoms with van der Waals surface area (Å²) in [6, 6.07) is 15.3. The molecule has 8 heteroatoms. The largest absolute Gasteiger partial charge is 0.493 e. The van der Waals surface area contributed by atoms with E-state index in [1.54, 1.807) is 33.5 Å². The fraction of sp³-hybridized carbons (Fsp3) is 0.500. The first kappa shape index (κ1) is 27.8. The third-order valence-corrected chi connectivity index (χ3v) is 7.17. The minimum atomic E-state index is 0. The van der Waals surface area contributed by atoms with Gasteiger partial charge in [-0.05, 0) is 56.8 Å². The van der Waals surface area contributed by atoms with Crippen molar-refractivity contribution in [2.24, 2.45) is 0 Å². The number of carbonyl (C=O) groups excluding carboxylic acids is 1. The molecule has 2 aromatic rings. The number of carbonyl (C=O) groups is 1. The number of fused-ring (bicyclic) bond motifs is 2. The van der Waals surface area contributed by atoms with Gasteiger partial charge >= 0.3 is 0 Å². The highest BCUT2D eigenvalue weighted by Crippen LogP contribution is 2.40. The lowest BCUT2D eigenvalue weighted by atomic mass is 9.95. The van der Waals surface area contributed by atoms with Crippen LogP contribution in [0.25, 0.3) is 0 Å². The fourth-order valence-electron chi connectivity index (χ4n) is 5.35. The van der Waals surface area contributed by atoms with Crippen LogP contribution in [0.3, 0.4) is 0 Å². The van der Waals surface area contributed by atoms with Gasteiger partial charge in [-0.1, -0.05) is 30.3 Å². The molecule has 188 valence electrons. The SMILES string of the molecule is COc1cc(C(=O)N(CCc2ccccc2)C2CC3CCC(C2)N3C)cc(OC)c1OC.Cl.O. The number of halogens is 1. The smallest absolute Gasteiger partial charge is 0.254 e. The molecule has 2 heterocycles. The second-order valence-corrected chi connectivity index (χ2v) is 8.82. The summed E-state index contributed by atoms with van der Waals surface area (Å²) in [5, 5.41) is 0. The Labute approximate surface area is 208 Å². The van der Waals surface area contributed by atoms with Gasteiger partial charge in [-0.3, -0.25) is 4.79 Å². The molecule has 2 unspecified atom stereocenters. The molecule has 2 fully saturated rings. The van der Waals surface area contributed by atoms with E-state index < -0.39 is 0 Å². The molecule has 0 spiro atoms. The number of nitrogens with zero attached hydrogens (tertiary/aromatic N) is 2. The standard InChI is InChI=1S/C26H34N2O4.ClH.H2O/c1-27-20-10-11-21(27)17-22(16-20)28(13-12-18-8-6-5-7-9-18)26(29)19-14-23(30-2)25(32-4)24(15-19)31-3;;/h5-9,14-15,20-22H,10-13,16-17H2,1-4H3;1H;1H2. The lowest BCUT2D eigenvalue weighted by Crippen LogP contribution is -2.51. The number of hydrogen-bond donors (Lipinski definition) is 0. The molecule has 1 amide bonds. The molecule has 0 radical (unpaired) electrons. The Kier molecular flexibility index (Phi) is 10.0. The van der Waals surface area contributed by atoms with Gasteiger partial charge in [-0.25, -0.2) is 0 Å². The zero-order valence-electron chi connectivity index (χ0n) is 20.5. The van der Waals surface area contributed by atoms with Gasteiger partial charge in [0.25, 0.3) is 5.91 Å². The van der Waals surface area contributed by atoms with Crippen molar-refractivity contribution in [2.75, 3.05) is 34.9 Å². The van der Waals surface area contributed by atoms with Crippen molar-refractivity contribution in [3.05, 3.63) is 53.6 Å². The monoisotopic (exact) mass is 492 g/mol. The Morgan fingerprint density at radius 2 is 1.53 bits per heavy atom. The Balaban J connectivity index is 0.00000204. The number of piperidine rings is 1. The van der Waals surface area contributed by atoms with E-state index in [-0.39, 0.29) is 29.8 Å². The van der Waals surface area contributed by atoms with Gasteiger partial charge in [0.1, 0.15) is 0 Å². The lowest BCUT2D eigenvalue weighted by molar-refractivity contribution is 0.0487. The molecule has 0 aliphatic carbocycles. The average Bonchev–Trinajstić information content (AvgIpc) is 3.03. The third kappa shape index (κ3) is 5.59. The van der Waals surface area contributed by atoms with Crippen LogP contribution in [-0.4, -0.2) is 74.2 Å². The number of benzene rings is 2. The average molecular weight is 493 g/mol. The van der Waals surface area contributed by atoms with Crippen LogP contribution in [0.2, 0.25) is 0 Å². The van der Waals surface area contributed by atoms with Crippen LogP contribution in [0.15, 0.2) is 42.5 Å². The van der Waals surface area contributed by atoms with Crippen LogP contribution in [0.5, 0.6) is 17.2 Å². The quantitative estimate of drug-likeness (QED) is 0.562. The van der Waals surface area contributed by atoms with Crippen LogP contribution >= 0.6 is 12.4 Å². The number of rotatable bonds is 8. The van der Waals surface area contributed by atoms with Gasteiger partial charge in [0.05, 0.1) is 21.3 Å². The topological polar surface area (TPSA) is 82.7 Å². The first-order valence-electron chi connectivity index (χ1n) is 11.4. The molecule has 7 nitrogen and oxygen atoms in total. The zero-order valence-corrected chi connectivity index (χ0v) is 21.3. The number of hydrogen-bond acceptors (Lipinski definition) is 5. The molecule has 0 saturated carbocycles. The molecular formula is C26H37ClN2O5. The number of methoxy groups -OCH3 is 3. The van der Waals surface area contributed by atoms with Gasteiger partial charge in [-0.2, -0.15) is 0 Å². The van der Waals surface area contributed by atoms with E-state index in [9.17, 15) is 4.79 Å². The van der Waals surface area contributed by atoms with E-state index >= 15 is 0 Å². The zero-order chi connectivity index (χ0) is 22.7. The Hall–Kier alpha value is -2.48. The van der Waals surface area contributed by atoms with Gasteiger partial charge < -0.3 is 29.5 Å². The van der Waals surface area contributed by atoms with Crippen LogP contribution in [-0.2, 0) is 6.42 Å². The van der Waals surface area contributed by atoms with E-state index in [4.69, 9.17) is 14.2 Å². The maximum Gasteiger partial charge on any atom is 0.254 e. The highest BCUT2D eigenvalue weighted by atomic mass is 35.5. The maximum absolute atomic E-state index is 13.9. The minimum Gasteiger partial charge on any atom is -0.493 e. The molecule has 34 heavy (non-hydrogen) atoms. The van der Waals surface area contributed by atoms with Crippen LogP contribution < -0.4 is 14.2 Å². The van der Waals surface area contributed by atoms with Gasteiger partial charge in [0.2, 0.25) is 5.75 Å². The summed E-state index contributed by atoms with van der Waals surface area (Å²) in [5.41, 5.74) is 1.81. The highest BCUT2D eigenvalue weighted by Gasteiger charge is 2.41. The second-order valence-electron chi connectivity index (χ2n) is 8.82. The van der Waals surface area contributed by atoms with E-state index in [1.807, 2.05) is 6.07 Å². The van der Waals surface area contributed by atoms with Crippen molar-refractivity contribution in [2.45, 2.75) is 50.2 Å². The third-order valence-electron chi connectivity index (χ3n) is 7.17. The van der Waals surface area contributed by atoms with Crippen molar-refractivity contribution in [1.29, 1.82) is 0 Å². The van der Waals surface area contributed by atoms with Crippen LogP contribution in [0.4, 0.5) is 0 Å². The predicted molar refractivity (Wildman–Crippen MR) is 136 cm³/mol. The molecule has 2 aromatic carbocycles. The van der Waals surface area contributed by atoms with Crippen molar-refractivity contribution < 1.29 is 24.5 Å². The summed E-state index contributed by atoms with van der Waals surface area (Å²) in [7, 11) is 6.96. The highest BCUT2D eigenvalue weighted by molar-refractivity contribution is 5.96. The van der Waals surface area contributed by atoms with E-state index in [2.05, 4.69) is 41.1 Å². The normalized spacial score (nSPS) is 21.1. The van der Waals surface area contributed by atoms with E-state index in [0.717, 1.165) is 19.3 Å². The molecule has 2 aliphatic heterocycles. The van der Waals surface area contributed by atoms with Gasteiger partial charge in [0.15, 0.2) is 11.5 Å². The van der Waals surface area contributed by atoms with Crippen molar-refractivity contribution in [3.8, 4) is 17.2 Å². The number of amides is 1. The predicted octanol–water partition coefficient (Wildman–Crippen LogP) is 3.62. The molecule has 0 aromatic heterocycles. The van der Waals surface area contributed by atoms with Crippen molar-refractivity contribution in [1.82, 2.24) is 9.80 Å².